The van der Waals surface area contributed by atoms with E-state index in [4.69, 9.17) is 5.73 Å². The molecule has 3 aromatic rings. The van der Waals surface area contributed by atoms with Crippen LogP contribution >= 0.6 is 15.9 Å². The second-order valence-electron chi connectivity index (χ2n) is 3.28. The van der Waals surface area contributed by atoms with Gasteiger partial charge < -0.3 is 5.73 Å². The Bertz CT molecular complexity index is 659. The maximum atomic E-state index is 5.80. The Labute approximate surface area is 93.9 Å². The number of fused-ring (bicyclic) bond motifs is 3. The first kappa shape index (κ1) is 8.67. The smallest absolute Gasteiger partial charge is 0.206 e. The first-order chi connectivity index (χ1) is 7.25. The third-order valence-corrected chi connectivity index (χ3v) is 2.85. The summed E-state index contributed by atoms with van der Waals surface area (Å²) in [6, 6.07) is 5.89. The summed E-state index contributed by atoms with van der Waals surface area (Å²) in [6.45, 7) is 0. The Morgan fingerprint density at radius 1 is 1.33 bits per heavy atom. The number of nitrogens with zero attached hydrogens (tertiary/aromatic N) is 3. The van der Waals surface area contributed by atoms with Gasteiger partial charge in [0.2, 0.25) is 5.95 Å². The number of benzene rings is 1. The van der Waals surface area contributed by atoms with E-state index in [1.807, 2.05) is 18.2 Å². The highest BCUT2D eigenvalue weighted by atomic mass is 79.9. The van der Waals surface area contributed by atoms with Crippen LogP contribution in [0.2, 0.25) is 0 Å². The largest absolute Gasteiger partial charge is 0.369 e. The lowest BCUT2D eigenvalue weighted by atomic mass is 10.2. The van der Waals surface area contributed by atoms with Crippen molar-refractivity contribution in [2.75, 3.05) is 5.73 Å². The summed E-state index contributed by atoms with van der Waals surface area (Å²) in [7, 11) is 0. The van der Waals surface area contributed by atoms with Gasteiger partial charge in [-0.2, -0.15) is 0 Å². The molecule has 3 rings (SSSR count). The van der Waals surface area contributed by atoms with E-state index in [1.165, 1.54) is 0 Å². The van der Waals surface area contributed by atoms with Gasteiger partial charge in [0, 0.05) is 9.86 Å². The van der Waals surface area contributed by atoms with Gasteiger partial charge in [0.25, 0.3) is 0 Å². The predicted molar refractivity (Wildman–Crippen MR) is 62.6 cm³/mol. The molecular formula is C10H7BrN4. The highest BCUT2D eigenvalue weighted by Gasteiger charge is 2.05. The third-order valence-electron chi connectivity index (χ3n) is 2.35. The maximum Gasteiger partial charge on any atom is 0.206 e. The molecule has 0 aliphatic carbocycles. The minimum atomic E-state index is 0.456. The highest BCUT2D eigenvalue weighted by Crippen LogP contribution is 2.23. The van der Waals surface area contributed by atoms with Crippen molar-refractivity contribution in [3.05, 3.63) is 35.2 Å². The molecule has 0 saturated heterocycles. The van der Waals surface area contributed by atoms with Crippen LogP contribution in [0.4, 0.5) is 5.95 Å². The number of aromatic nitrogens is 3. The second-order valence-corrected chi connectivity index (χ2v) is 4.20. The Morgan fingerprint density at radius 3 is 3.07 bits per heavy atom. The number of nitrogen functional groups attached to an aromatic ring is 1. The average molecular weight is 263 g/mol. The van der Waals surface area contributed by atoms with Gasteiger partial charge in [0.05, 0.1) is 17.2 Å². The monoisotopic (exact) mass is 262 g/mol. The molecular weight excluding hydrogens is 256 g/mol. The summed E-state index contributed by atoms with van der Waals surface area (Å²) in [4.78, 5) is 8.37. The molecule has 15 heavy (non-hydrogen) atoms. The zero-order valence-corrected chi connectivity index (χ0v) is 9.27. The summed E-state index contributed by atoms with van der Waals surface area (Å²) in [6.07, 6.45) is 3.45. The van der Waals surface area contributed by atoms with Crippen molar-refractivity contribution in [1.29, 1.82) is 0 Å². The SMILES string of the molecule is Nc1nc2ccc(Br)cc2c2cncn12. The molecule has 2 aromatic heterocycles. The predicted octanol–water partition coefficient (Wildman–Crippen LogP) is 2.23. The van der Waals surface area contributed by atoms with E-state index in [0.717, 1.165) is 20.9 Å². The average Bonchev–Trinajstić information content (AvgIpc) is 2.69. The molecule has 0 saturated carbocycles. The fraction of sp³-hybridized carbons (Fsp3) is 0. The summed E-state index contributed by atoms with van der Waals surface area (Å²) in [5, 5.41) is 1.04. The van der Waals surface area contributed by atoms with Crippen LogP contribution in [0, 0.1) is 0 Å². The number of imidazole rings is 1. The van der Waals surface area contributed by atoms with E-state index in [-0.39, 0.29) is 0 Å². The van der Waals surface area contributed by atoms with Gasteiger partial charge in [-0.15, -0.1) is 0 Å². The fourth-order valence-electron chi connectivity index (χ4n) is 1.67. The number of nitrogens with two attached hydrogens (primary N) is 1. The Balaban J connectivity index is 2.61. The van der Waals surface area contributed by atoms with Gasteiger partial charge in [0.15, 0.2) is 0 Å². The van der Waals surface area contributed by atoms with Crippen molar-refractivity contribution in [3.63, 3.8) is 0 Å². The number of halogens is 1. The van der Waals surface area contributed by atoms with Crippen LogP contribution in [0.15, 0.2) is 35.2 Å². The van der Waals surface area contributed by atoms with E-state index in [0.29, 0.717) is 5.95 Å². The molecule has 1 aromatic carbocycles. The Hall–Kier alpha value is -1.62. The molecule has 0 bridgehead atoms. The van der Waals surface area contributed by atoms with Gasteiger partial charge in [-0.3, -0.25) is 4.40 Å². The van der Waals surface area contributed by atoms with Crippen LogP contribution in [-0.4, -0.2) is 14.4 Å². The van der Waals surface area contributed by atoms with Gasteiger partial charge in [0.1, 0.15) is 6.33 Å². The molecule has 0 spiro atoms. The van der Waals surface area contributed by atoms with Crippen molar-refractivity contribution >= 4 is 38.3 Å². The number of anilines is 1. The maximum absolute atomic E-state index is 5.80. The lowest BCUT2D eigenvalue weighted by Crippen LogP contribution is -1.99. The highest BCUT2D eigenvalue weighted by molar-refractivity contribution is 9.10. The van der Waals surface area contributed by atoms with Crippen molar-refractivity contribution in [1.82, 2.24) is 14.4 Å². The summed E-state index contributed by atoms with van der Waals surface area (Å²) in [5.41, 5.74) is 7.65. The van der Waals surface area contributed by atoms with E-state index in [9.17, 15) is 0 Å². The van der Waals surface area contributed by atoms with E-state index < -0.39 is 0 Å². The Kier molecular flexibility index (Phi) is 1.70. The zero-order valence-electron chi connectivity index (χ0n) is 7.68. The molecule has 0 fully saturated rings. The molecule has 0 atom stereocenters. The number of rotatable bonds is 0. The first-order valence-corrected chi connectivity index (χ1v) is 5.22. The summed E-state index contributed by atoms with van der Waals surface area (Å²) >= 11 is 3.44. The topological polar surface area (TPSA) is 56.2 Å². The minimum Gasteiger partial charge on any atom is -0.369 e. The quantitative estimate of drug-likeness (QED) is 0.676. The van der Waals surface area contributed by atoms with Crippen molar-refractivity contribution in [3.8, 4) is 0 Å². The molecule has 5 heteroatoms. The molecule has 0 aliphatic rings. The molecule has 2 N–H and O–H groups in total. The van der Waals surface area contributed by atoms with Gasteiger partial charge in [-0.05, 0) is 18.2 Å². The van der Waals surface area contributed by atoms with Crippen molar-refractivity contribution in [2.24, 2.45) is 0 Å². The van der Waals surface area contributed by atoms with E-state index in [1.54, 1.807) is 16.9 Å². The van der Waals surface area contributed by atoms with E-state index >= 15 is 0 Å². The lowest BCUT2D eigenvalue weighted by molar-refractivity contribution is 1.12. The summed E-state index contributed by atoms with van der Waals surface area (Å²) in [5.74, 6) is 0.456. The molecule has 74 valence electrons. The molecule has 0 aliphatic heterocycles. The number of hydrogen-bond donors (Lipinski definition) is 1. The fourth-order valence-corrected chi connectivity index (χ4v) is 2.03. The van der Waals surface area contributed by atoms with Gasteiger partial charge in [-0.25, -0.2) is 9.97 Å². The normalized spacial score (nSPS) is 11.3. The molecule has 0 unspecified atom stereocenters. The van der Waals surface area contributed by atoms with Gasteiger partial charge in [-0.1, -0.05) is 15.9 Å². The number of hydrogen-bond acceptors (Lipinski definition) is 3. The van der Waals surface area contributed by atoms with Crippen LogP contribution in [0.5, 0.6) is 0 Å². The standard InChI is InChI=1S/C10H7BrN4/c11-6-1-2-8-7(3-6)9-4-13-5-15(9)10(12)14-8/h1-5H,(H2,12,14). The zero-order chi connectivity index (χ0) is 10.4. The Morgan fingerprint density at radius 2 is 2.20 bits per heavy atom. The molecule has 0 amide bonds. The van der Waals surface area contributed by atoms with E-state index in [2.05, 4.69) is 25.9 Å². The third kappa shape index (κ3) is 1.20. The van der Waals surface area contributed by atoms with Crippen LogP contribution in [-0.2, 0) is 0 Å². The summed E-state index contributed by atoms with van der Waals surface area (Å²) < 4.78 is 2.79. The van der Waals surface area contributed by atoms with Crippen LogP contribution in [0.25, 0.3) is 16.4 Å². The molecule has 0 radical (unpaired) electrons. The van der Waals surface area contributed by atoms with Crippen LogP contribution in [0.1, 0.15) is 0 Å². The lowest BCUT2D eigenvalue weighted by Gasteiger charge is -2.03. The van der Waals surface area contributed by atoms with Crippen LogP contribution < -0.4 is 5.73 Å². The minimum absolute atomic E-state index is 0.456. The second kappa shape index (κ2) is 2.93. The first-order valence-electron chi connectivity index (χ1n) is 4.42. The van der Waals surface area contributed by atoms with Gasteiger partial charge >= 0.3 is 0 Å². The van der Waals surface area contributed by atoms with Crippen molar-refractivity contribution < 1.29 is 0 Å². The van der Waals surface area contributed by atoms with Crippen LogP contribution in [0.3, 0.4) is 0 Å². The molecule has 4 nitrogen and oxygen atoms in total. The van der Waals surface area contributed by atoms with Crippen molar-refractivity contribution in [2.45, 2.75) is 0 Å². The molecule has 2 heterocycles.